The fraction of sp³-hybridized carbons (Fsp3) is 0.0556. The van der Waals surface area contributed by atoms with E-state index in [1.54, 1.807) is 25.3 Å². The molecule has 1 amide bonds. The number of benzene rings is 2. The van der Waals surface area contributed by atoms with Crippen molar-refractivity contribution in [2.45, 2.75) is 0 Å². The zero-order valence-electron chi connectivity index (χ0n) is 13.7. The van der Waals surface area contributed by atoms with E-state index in [1.807, 2.05) is 24.3 Å². The summed E-state index contributed by atoms with van der Waals surface area (Å²) < 4.78 is 5.16. The van der Waals surface area contributed by atoms with E-state index in [0.29, 0.717) is 33.0 Å². The highest BCUT2D eigenvalue weighted by atomic mass is 35.5. The van der Waals surface area contributed by atoms with Crippen LogP contribution in [0.1, 0.15) is 10.4 Å². The molecule has 0 aliphatic rings. The molecule has 2 aromatic carbocycles. The Morgan fingerprint density at radius 2 is 1.77 bits per heavy atom. The number of anilines is 3. The van der Waals surface area contributed by atoms with Gasteiger partial charge in [0.05, 0.1) is 22.7 Å². The van der Waals surface area contributed by atoms with Crippen LogP contribution < -0.4 is 15.4 Å². The summed E-state index contributed by atoms with van der Waals surface area (Å²) in [5, 5.41) is 6.53. The van der Waals surface area contributed by atoms with Gasteiger partial charge in [0.15, 0.2) is 0 Å². The third kappa shape index (κ3) is 4.41. The zero-order chi connectivity index (χ0) is 18.5. The van der Waals surface area contributed by atoms with Crippen molar-refractivity contribution in [3.8, 4) is 5.75 Å². The van der Waals surface area contributed by atoms with E-state index in [9.17, 15) is 4.79 Å². The average Bonchev–Trinajstić information content (AvgIpc) is 2.65. The molecule has 0 unspecified atom stereocenters. The molecular weight excluding hydrogens is 375 g/mol. The number of methoxy groups -OCH3 is 1. The molecule has 6 nitrogen and oxygen atoms in total. The van der Waals surface area contributed by atoms with Gasteiger partial charge in [0.1, 0.15) is 5.75 Å². The van der Waals surface area contributed by atoms with Crippen molar-refractivity contribution in [1.82, 2.24) is 9.97 Å². The number of hydrogen-bond donors (Lipinski definition) is 2. The molecule has 0 saturated heterocycles. The molecule has 132 valence electrons. The normalized spacial score (nSPS) is 10.3. The van der Waals surface area contributed by atoms with Crippen molar-refractivity contribution in [2.24, 2.45) is 0 Å². The molecule has 1 aromatic heterocycles. The van der Waals surface area contributed by atoms with Crippen LogP contribution in [-0.4, -0.2) is 23.0 Å². The fourth-order valence-corrected chi connectivity index (χ4v) is 2.42. The molecule has 0 aliphatic carbocycles. The number of hydrogen-bond acceptors (Lipinski definition) is 5. The van der Waals surface area contributed by atoms with Crippen LogP contribution in [0.5, 0.6) is 5.75 Å². The lowest BCUT2D eigenvalue weighted by atomic mass is 10.2. The second-order valence-electron chi connectivity index (χ2n) is 5.24. The topological polar surface area (TPSA) is 76.1 Å². The maximum atomic E-state index is 12.3. The summed E-state index contributed by atoms with van der Waals surface area (Å²) in [5.74, 6) is 0.730. The Balaban J connectivity index is 1.68. The molecule has 3 aromatic rings. The number of carbonyl (C=O) groups is 1. The molecule has 0 fully saturated rings. The number of nitrogens with zero attached hydrogens (tertiary/aromatic N) is 2. The van der Waals surface area contributed by atoms with Crippen molar-refractivity contribution in [3.63, 3.8) is 0 Å². The Hall–Kier alpha value is -2.83. The number of rotatable bonds is 5. The molecule has 3 rings (SSSR count). The SMILES string of the molecule is COc1cccc(Nc2ncc(C(=O)Nc3ccc(Cl)c(Cl)c3)cn2)c1. The molecule has 0 aliphatic heterocycles. The number of nitrogens with one attached hydrogen (secondary N) is 2. The summed E-state index contributed by atoms with van der Waals surface area (Å²) in [7, 11) is 1.59. The second kappa shape index (κ2) is 8.03. The van der Waals surface area contributed by atoms with Crippen LogP contribution in [0.4, 0.5) is 17.3 Å². The van der Waals surface area contributed by atoms with E-state index in [-0.39, 0.29) is 5.91 Å². The van der Waals surface area contributed by atoms with Gasteiger partial charge in [-0.15, -0.1) is 0 Å². The average molecular weight is 389 g/mol. The van der Waals surface area contributed by atoms with E-state index in [1.165, 1.54) is 12.4 Å². The third-order valence-electron chi connectivity index (χ3n) is 3.42. The van der Waals surface area contributed by atoms with E-state index in [4.69, 9.17) is 27.9 Å². The maximum Gasteiger partial charge on any atom is 0.258 e. The van der Waals surface area contributed by atoms with Crippen LogP contribution in [0.3, 0.4) is 0 Å². The minimum absolute atomic E-state index is 0.312. The predicted octanol–water partition coefficient (Wildman–Crippen LogP) is 4.79. The summed E-state index contributed by atoms with van der Waals surface area (Å²) >= 11 is 11.8. The molecule has 0 atom stereocenters. The first-order chi connectivity index (χ1) is 12.5. The third-order valence-corrected chi connectivity index (χ3v) is 4.16. The van der Waals surface area contributed by atoms with Gasteiger partial charge in [-0.3, -0.25) is 4.79 Å². The monoisotopic (exact) mass is 388 g/mol. The summed E-state index contributed by atoms with van der Waals surface area (Å²) in [6, 6.07) is 12.2. The largest absolute Gasteiger partial charge is 0.497 e. The fourth-order valence-electron chi connectivity index (χ4n) is 2.12. The van der Waals surface area contributed by atoms with Gasteiger partial charge in [0.25, 0.3) is 5.91 Å². The standard InChI is InChI=1S/C18H14Cl2N4O2/c1-26-14-4-2-3-12(7-14)24-18-21-9-11(10-22-18)17(25)23-13-5-6-15(19)16(20)8-13/h2-10H,1H3,(H,23,25)(H,21,22,24). The Morgan fingerprint density at radius 1 is 1.00 bits per heavy atom. The number of carbonyl (C=O) groups excluding carboxylic acids is 1. The van der Waals surface area contributed by atoms with Crippen LogP contribution in [0.2, 0.25) is 10.0 Å². The molecule has 8 heteroatoms. The van der Waals surface area contributed by atoms with Gasteiger partial charge in [-0.1, -0.05) is 29.3 Å². The molecule has 1 heterocycles. The van der Waals surface area contributed by atoms with Crippen molar-refractivity contribution in [2.75, 3.05) is 17.7 Å². The van der Waals surface area contributed by atoms with Gasteiger partial charge in [0.2, 0.25) is 5.95 Å². The first-order valence-electron chi connectivity index (χ1n) is 7.54. The van der Waals surface area contributed by atoms with E-state index in [2.05, 4.69) is 20.6 Å². The number of halogens is 2. The van der Waals surface area contributed by atoms with Crippen molar-refractivity contribution >= 4 is 46.4 Å². The van der Waals surface area contributed by atoms with Gasteiger partial charge < -0.3 is 15.4 Å². The lowest BCUT2D eigenvalue weighted by molar-refractivity contribution is 0.102. The van der Waals surface area contributed by atoms with Gasteiger partial charge >= 0.3 is 0 Å². The molecule has 2 N–H and O–H groups in total. The van der Waals surface area contributed by atoms with Crippen LogP contribution in [0.15, 0.2) is 54.9 Å². The molecule has 0 radical (unpaired) electrons. The lowest BCUT2D eigenvalue weighted by Crippen LogP contribution is -2.13. The Labute approximate surface area is 160 Å². The Kier molecular flexibility index (Phi) is 5.55. The van der Waals surface area contributed by atoms with Crippen molar-refractivity contribution in [1.29, 1.82) is 0 Å². The van der Waals surface area contributed by atoms with Gasteiger partial charge in [-0.2, -0.15) is 0 Å². The van der Waals surface area contributed by atoms with Crippen LogP contribution >= 0.6 is 23.2 Å². The highest BCUT2D eigenvalue weighted by molar-refractivity contribution is 6.42. The maximum absolute atomic E-state index is 12.3. The first kappa shape index (κ1) is 18.0. The Morgan fingerprint density at radius 3 is 2.46 bits per heavy atom. The van der Waals surface area contributed by atoms with Crippen LogP contribution in [-0.2, 0) is 0 Å². The number of aromatic nitrogens is 2. The van der Waals surface area contributed by atoms with E-state index >= 15 is 0 Å². The zero-order valence-corrected chi connectivity index (χ0v) is 15.2. The van der Waals surface area contributed by atoms with Crippen LogP contribution in [0.25, 0.3) is 0 Å². The number of amides is 1. The van der Waals surface area contributed by atoms with Crippen molar-refractivity contribution in [3.05, 3.63) is 70.5 Å². The smallest absolute Gasteiger partial charge is 0.258 e. The molecule has 26 heavy (non-hydrogen) atoms. The highest BCUT2D eigenvalue weighted by Gasteiger charge is 2.09. The minimum atomic E-state index is -0.351. The quantitative estimate of drug-likeness (QED) is 0.656. The summed E-state index contributed by atoms with van der Waals surface area (Å²) in [5.41, 5.74) is 1.62. The van der Waals surface area contributed by atoms with Gasteiger partial charge in [0, 0.05) is 29.8 Å². The predicted molar refractivity (Wildman–Crippen MR) is 103 cm³/mol. The van der Waals surface area contributed by atoms with Crippen molar-refractivity contribution < 1.29 is 9.53 Å². The Bertz CT molecular complexity index is 933. The molecule has 0 saturated carbocycles. The minimum Gasteiger partial charge on any atom is -0.497 e. The van der Waals surface area contributed by atoms with E-state index in [0.717, 1.165) is 5.69 Å². The second-order valence-corrected chi connectivity index (χ2v) is 6.05. The molecular formula is C18H14Cl2N4O2. The molecule has 0 bridgehead atoms. The number of ether oxygens (including phenoxy) is 1. The van der Waals surface area contributed by atoms with E-state index < -0.39 is 0 Å². The summed E-state index contributed by atoms with van der Waals surface area (Å²) in [4.78, 5) is 20.6. The highest BCUT2D eigenvalue weighted by Crippen LogP contribution is 2.25. The first-order valence-corrected chi connectivity index (χ1v) is 8.30. The molecule has 0 spiro atoms. The van der Waals surface area contributed by atoms with Crippen LogP contribution in [0, 0.1) is 0 Å². The lowest BCUT2D eigenvalue weighted by Gasteiger charge is -2.08. The van der Waals surface area contributed by atoms with Gasteiger partial charge in [-0.25, -0.2) is 9.97 Å². The summed E-state index contributed by atoms with van der Waals surface area (Å²) in [6.07, 6.45) is 2.87. The van der Waals surface area contributed by atoms with Gasteiger partial charge in [-0.05, 0) is 30.3 Å². The summed E-state index contributed by atoms with van der Waals surface area (Å²) in [6.45, 7) is 0.